The normalized spacial score (nSPS) is 10.8. The van der Waals surface area contributed by atoms with Crippen LogP contribution in [0.3, 0.4) is 0 Å². The number of halogens is 1. The van der Waals surface area contributed by atoms with Crippen LogP contribution in [-0.4, -0.2) is 20.3 Å². The minimum atomic E-state index is -0.513. The first-order valence-electron chi connectivity index (χ1n) is 5.77. The molecule has 1 aromatic carbocycles. The predicted octanol–water partition coefficient (Wildman–Crippen LogP) is 2.45. The molecule has 0 spiro atoms. The minimum Gasteiger partial charge on any atom is -0.323 e. The fourth-order valence-electron chi connectivity index (χ4n) is 1.95. The summed E-state index contributed by atoms with van der Waals surface area (Å²) in [6.07, 6.45) is 4.04. The monoisotopic (exact) mass is 255 g/mol. The van der Waals surface area contributed by atoms with Crippen molar-refractivity contribution in [3.05, 3.63) is 60.4 Å². The van der Waals surface area contributed by atoms with Gasteiger partial charge in [-0.05, 0) is 18.2 Å². The number of ketones is 1. The lowest BCUT2D eigenvalue weighted by Gasteiger charge is -2.03. The van der Waals surface area contributed by atoms with Gasteiger partial charge in [0.1, 0.15) is 5.82 Å². The Morgan fingerprint density at radius 1 is 1.26 bits per heavy atom. The van der Waals surface area contributed by atoms with Gasteiger partial charge in [0.05, 0.1) is 30.1 Å². The fraction of sp³-hybridized carbons (Fsp3) is 0.0714. The number of hydrogen-bond acceptors (Lipinski definition) is 3. The van der Waals surface area contributed by atoms with Crippen LogP contribution in [0.1, 0.15) is 10.4 Å². The van der Waals surface area contributed by atoms with Crippen LogP contribution in [0.5, 0.6) is 0 Å². The lowest BCUT2D eigenvalue weighted by molar-refractivity contribution is 0.0972. The third-order valence-electron chi connectivity index (χ3n) is 2.87. The number of fused-ring (bicyclic) bond motifs is 1. The molecule has 2 heterocycles. The lowest BCUT2D eigenvalue weighted by atomic mass is 10.2. The number of rotatable bonds is 3. The second kappa shape index (κ2) is 4.61. The van der Waals surface area contributed by atoms with Crippen molar-refractivity contribution in [2.45, 2.75) is 6.54 Å². The highest BCUT2D eigenvalue weighted by Gasteiger charge is 2.10. The quantitative estimate of drug-likeness (QED) is 0.675. The van der Waals surface area contributed by atoms with Crippen LogP contribution in [0.4, 0.5) is 4.39 Å². The molecule has 0 aliphatic carbocycles. The maximum atomic E-state index is 13.0. The molecule has 0 unspecified atom stereocenters. The van der Waals surface area contributed by atoms with Gasteiger partial charge in [0.2, 0.25) is 0 Å². The van der Waals surface area contributed by atoms with Crippen molar-refractivity contribution in [3.8, 4) is 0 Å². The molecule has 0 fully saturated rings. The smallest absolute Gasteiger partial charge is 0.184 e. The summed E-state index contributed by atoms with van der Waals surface area (Å²) in [5.74, 6) is -0.712. The van der Waals surface area contributed by atoms with Crippen LogP contribution >= 0.6 is 0 Å². The fourth-order valence-corrected chi connectivity index (χ4v) is 1.95. The summed E-state index contributed by atoms with van der Waals surface area (Å²) in [4.78, 5) is 19.9. The van der Waals surface area contributed by atoms with E-state index in [2.05, 4.69) is 9.97 Å². The molecule has 0 atom stereocenters. The first-order chi connectivity index (χ1) is 9.24. The molecular weight excluding hydrogens is 245 g/mol. The Labute approximate surface area is 108 Å². The molecule has 0 saturated heterocycles. The van der Waals surface area contributed by atoms with Gasteiger partial charge in [-0.3, -0.25) is 9.78 Å². The average molecular weight is 255 g/mol. The Bertz CT molecular complexity index is 751. The predicted molar refractivity (Wildman–Crippen MR) is 68.3 cm³/mol. The van der Waals surface area contributed by atoms with Crippen LogP contribution in [0.2, 0.25) is 0 Å². The van der Waals surface area contributed by atoms with E-state index in [0.717, 1.165) is 17.2 Å². The third kappa shape index (κ3) is 2.22. The maximum absolute atomic E-state index is 13.0. The van der Waals surface area contributed by atoms with Gasteiger partial charge in [-0.1, -0.05) is 12.1 Å². The zero-order chi connectivity index (χ0) is 13.2. The number of hydrogen-bond donors (Lipinski definition) is 0. The highest BCUT2D eigenvalue weighted by Crippen LogP contribution is 2.13. The Kier molecular flexibility index (Phi) is 2.79. The van der Waals surface area contributed by atoms with E-state index in [9.17, 15) is 9.18 Å². The Balaban J connectivity index is 1.91. The van der Waals surface area contributed by atoms with E-state index < -0.39 is 5.82 Å². The summed E-state index contributed by atoms with van der Waals surface area (Å²) in [6.45, 7) is 0.117. The van der Waals surface area contributed by atoms with E-state index >= 15 is 0 Å². The summed E-state index contributed by atoms with van der Waals surface area (Å²) in [5, 5.41) is 0. The van der Waals surface area contributed by atoms with Crippen molar-refractivity contribution in [1.29, 1.82) is 0 Å². The number of nitrogens with zero attached hydrogens (tertiary/aromatic N) is 3. The molecule has 3 rings (SSSR count). The first-order valence-corrected chi connectivity index (χ1v) is 5.77. The van der Waals surface area contributed by atoms with Gasteiger partial charge >= 0.3 is 0 Å². The first kappa shape index (κ1) is 11.5. The van der Waals surface area contributed by atoms with Crippen molar-refractivity contribution < 1.29 is 9.18 Å². The Morgan fingerprint density at radius 3 is 2.95 bits per heavy atom. The summed E-state index contributed by atoms with van der Waals surface area (Å²) in [5.41, 5.74) is 1.96. The van der Waals surface area contributed by atoms with E-state index in [1.807, 2.05) is 24.3 Å². The van der Waals surface area contributed by atoms with Crippen LogP contribution in [0.25, 0.3) is 11.0 Å². The van der Waals surface area contributed by atoms with Crippen molar-refractivity contribution in [2.75, 3.05) is 0 Å². The molecule has 4 nitrogen and oxygen atoms in total. The van der Waals surface area contributed by atoms with E-state index in [1.165, 1.54) is 12.3 Å². The van der Waals surface area contributed by atoms with Crippen molar-refractivity contribution >= 4 is 16.8 Å². The molecule has 0 radical (unpaired) electrons. The highest BCUT2D eigenvalue weighted by molar-refractivity contribution is 5.96. The second-order valence-corrected chi connectivity index (χ2v) is 4.18. The summed E-state index contributed by atoms with van der Waals surface area (Å²) < 4.78 is 14.8. The zero-order valence-electron chi connectivity index (χ0n) is 9.95. The molecule has 0 aliphatic heterocycles. The number of aromatic nitrogens is 3. The van der Waals surface area contributed by atoms with Gasteiger partial charge in [0, 0.05) is 11.8 Å². The summed E-state index contributed by atoms with van der Waals surface area (Å²) in [6, 6.07) is 8.72. The topological polar surface area (TPSA) is 47.8 Å². The number of pyridine rings is 1. The van der Waals surface area contributed by atoms with E-state index in [1.54, 1.807) is 10.9 Å². The van der Waals surface area contributed by atoms with E-state index in [0.29, 0.717) is 0 Å². The van der Waals surface area contributed by atoms with Gasteiger partial charge in [-0.2, -0.15) is 0 Å². The number of Topliss-reactive ketones (excluding diaryl/α,β-unsaturated/α-hetero) is 1. The highest BCUT2D eigenvalue weighted by atomic mass is 19.1. The van der Waals surface area contributed by atoms with Crippen molar-refractivity contribution in [1.82, 2.24) is 14.5 Å². The lowest BCUT2D eigenvalue weighted by Crippen LogP contribution is -2.10. The molecule has 0 N–H and O–H groups in total. The number of carbonyl (C=O) groups excluding carboxylic acids is 1. The van der Waals surface area contributed by atoms with E-state index in [4.69, 9.17) is 0 Å². The van der Waals surface area contributed by atoms with Crippen LogP contribution in [-0.2, 0) is 6.54 Å². The minimum absolute atomic E-state index is 0.117. The molecule has 2 aromatic heterocycles. The number of para-hydroxylation sites is 2. The molecule has 0 amide bonds. The molecule has 0 bridgehead atoms. The SMILES string of the molecule is O=C(Cn1cnc2ccccc21)c1cncc(F)c1. The van der Waals surface area contributed by atoms with Crippen LogP contribution in [0, 0.1) is 5.82 Å². The maximum Gasteiger partial charge on any atom is 0.184 e. The summed E-state index contributed by atoms with van der Waals surface area (Å²) in [7, 11) is 0. The Morgan fingerprint density at radius 2 is 2.11 bits per heavy atom. The van der Waals surface area contributed by atoms with Crippen LogP contribution < -0.4 is 0 Å². The van der Waals surface area contributed by atoms with E-state index in [-0.39, 0.29) is 17.9 Å². The van der Waals surface area contributed by atoms with Gasteiger partial charge in [0.15, 0.2) is 5.78 Å². The zero-order valence-corrected chi connectivity index (χ0v) is 9.95. The number of carbonyl (C=O) groups is 1. The molecule has 19 heavy (non-hydrogen) atoms. The van der Waals surface area contributed by atoms with Crippen molar-refractivity contribution in [3.63, 3.8) is 0 Å². The largest absolute Gasteiger partial charge is 0.323 e. The average Bonchev–Trinajstić information content (AvgIpc) is 2.82. The Hall–Kier alpha value is -2.56. The number of benzene rings is 1. The van der Waals surface area contributed by atoms with Gasteiger partial charge in [0.25, 0.3) is 0 Å². The van der Waals surface area contributed by atoms with Gasteiger partial charge < -0.3 is 4.57 Å². The molecule has 5 heteroatoms. The molecular formula is C14H10FN3O. The van der Waals surface area contributed by atoms with Gasteiger partial charge in [-0.15, -0.1) is 0 Å². The molecule has 0 aliphatic rings. The number of imidazole rings is 1. The van der Waals surface area contributed by atoms with Crippen molar-refractivity contribution in [2.24, 2.45) is 0 Å². The van der Waals surface area contributed by atoms with Crippen LogP contribution in [0.15, 0.2) is 49.1 Å². The second-order valence-electron chi connectivity index (χ2n) is 4.18. The molecule has 3 aromatic rings. The third-order valence-corrected chi connectivity index (χ3v) is 2.87. The standard InChI is InChI=1S/C14H10FN3O/c15-11-5-10(6-16-7-11)14(19)8-18-9-17-12-3-1-2-4-13(12)18/h1-7,9H,8H2. The molecule has 94 valence electrons. The van der Waals surface area contributed by atoms with Gasteiger partial charge in [-0.25, -0.2) is 9.37 Å². The summed E-state index contributed by atoms with van der Waals surface area (Å²) >= 11 is 0. The molecule has 0 saturated carbocycles.